The van der Waals surface area contributed by atoms with E-state index < -0.39 is 5.82 Å². The predicted octanol–water partition coefficient (Wildman–Crippen LogP) is 3.15. The molecule has 0 unspecified atom stereocenters. The van der Waals surface area contributed by atoms with Gasteiger partial charge in [-0.25, -0.2) is 4.39 Å². The van der Waals surface area contributed by atoms with Gasteiger partial charge in [0.1, 0.15) is 0 Å². The Hall–Kier alpha value is -2.56. The number of nitrogens with zero attached hydrogens (tertiary/aromatic N) is 1. The van der Waals surface area contributed by atoms with Crippen molar-refractivity contribution in [2.75, 3.05) is 31.4 Å². The third-order valence-electron chi connectivity index (χ3n) is 3.03. The Morgan fingerprint density at radius 2 is 1.95 bits per heavy atom. The quantitative estimate of drug-likeness (QED) is 0.939. The van der Waals surface area contributed by atoms with E-state index in [2.05, 4.69) is 5.32 Å². The molecule has 1 N–H and O–H groups in total. The van der Waals surface area contributed by atoms with Crippen molar-refractivity contribution in [3.8, 4) is 5.75 Å². The molecule has 0 radical (unpaired) electrons. The fourth-order valence-electron chi connectivity index (χ4n) is 1.87. The molecule has 0 aliphatic carbocycles. The number of carbonyl (C=O) groups is 1. The van der Waals surface area contributed by atoms with Crippen LogP contribution >= 0.6 is 0 Å². The van der Waals surface area contributed by atoms with Crippen LogP contribution in [0.15, 0.2) is 42.5 Å². The maximum Gasteiger partial charge on any atom is 0.255 e. The standard InChI is InChI=1S/C16H17FN2O2/c1-19(2)13-6-4-5-11(9-13)16(20)18-12-7-8-15(21-3)14(17)10-12/h4-10H,1-3H3,(H,18,20). The van der Waals surface area contributed by atoms with E-state index in [0.717, 1.165) is 5.69 Å². The molecule has 2 aromatic carbocycles. The van der Waals surface area contributed by atoms with Gasteiger partial charge in [-0.15, -0.1) is 0 Å². The first kappa shape index (κ1) is 14.8. The number of halogens is 1. The number of methoxy groups -OCH3 is 1. The Labute approximate surface area is 123 Å². The molecule has 0 saturated carbocycles. The van der Waals surface area contributed by atoms with Crippen molar-refractivity contribution in [3.05, 3.63) is 53.8 Å². The summed E-state index contributed by atoms with van der Waals surface area (Å²) in [5.41, 5.74) is 1.81. The summed E-state index contributed by atoms with van der Waals surface area (Å²) in [6.45, 7) is 0. The Morgan fingerprint density at radius 3 is 2.57 bits per heavy atom. The van der Waals surface area contributed by atoms with Gasteiger partial charge in [0.2, 0.25) is 0 Å². The number of hydrogen-bond donors (Lipinski definition) is 1. The number of nitrogens with one attached hydrogen (secondary N) is 1. The topological polar surface area (TPSA) is 41.6 Å². The molecule has 0 aromatic heterocycles. The zero-order valence-corrected chi connectivity index (χ0v) is 12.2. The maximum atomic E-state index is 13.6. The van der Waals surface area contributed by atoms with Crippen LogP contribution in [0.2, 0.25) is 0 Å². The Bertz CT molecular complexity index is 656. The van der Waals surface area contributed by atoms with Crippen molar-refractivity contribution in [1.82, 2.24) is 0 Å². The molecule has 0 fully saturated rings. The lowest BCUT2D eigenvalue weighted by Crippen LogP contribution is -2.14. The molecule has 0 aliphatic heterocycles. The van der Waals surface area contributed by atoms with Gasteiger partial charge in [-0.2, -0.15) is 0 Å². The van der Waals surface area contributed by atoms with Crippen LogP contribution in [0.25, 0.3) is 0 Å². The van der Waals surface area contributed by atoms with Crippen LogP contribution in [0.3, 0.4) is 0 Å². The van der Waals surface area contributed by atoms with Gasteiger partial charge in [-0.1, -0.05) is 6.07 Å². The molecule has 4 nitrogen and oxygen atoms in total. The van der Waals surface area contributed by atoms with Gasteiger partial charge in [0.25, 0.3) is 5.91 Å². The van der Waals surface area contributed by atoms with E-state index in [1.54, 1.807) is 24.3 Å². The van der Waals surface area contributed by atoms with Crippen molar-refractivity contribution < 1.29 is 13.9 Å². The minimum atomic E-state index is -0.516. The molecule has 0 aliphatic rings. The molecule has 0 saturated heterocycles. The van der Waals surface area contributed by atoms with Gasteiger partial charge in [-0.05, 0) is 30.3 Å². The molecule has 5 heteroatoms. The number of carbonyl (C=O) groups excluding carboxylic acids is 1. The van der Waals surface area contributed by atoms with Crippen LogP contribution in [0.1, 0.15) is 10.4 Å². The van der Waals surface area contributed by atoms with E-state index in [1.165, 1.54) is 19.2 Å². The molecule has 0 spiro atoms. The van der Waals surface area contributed by atoms with E-state index in [-0.39, 0.29) is 11.7 Å². The SMILES string of the molecule is COc1ccc(NC(=O)c2cccc(N(C)C)c2)cc1F. The molecule has 110 valence electrons. The van der Waals surface area contributed by atoms with Gasteiger partial charge >= 0.3 is 0 Å². The molecular weight excluding hydrogens is 271 g/mol. The Morgan fingerprint density at radius 1 is 1.19 bits per heavy atom. The first-order valence-corrected chi connectivity index (χ1v) is 6.43. The summed E-state index contributed by atoms with van der Waals surface area (Å²) in [6.07, 6.45) is 0. The van der Waals surface area contributed by atoms with E-state index in [4.69, 9.17) is 4.74 Å². The molecule has 0 atom stereocenters. The van der Waals surface area contributed by atoms with Gasteiger partial charge in [0, 0.05) is 37.1 Å². The summed E-state index contributed by atoms with van der Waals surface area (Å²) in [4.78, 5) is 14.1. The summed E-state index contributed by atoms with van der Waals surface area (Å²) in [5, 5.41) is 2.66. The lowest BCUT2D eigenvalue weighted by molar-refractivity contribution is 0.102. The largest absolute Gasteiger partial charge is 0.494 e. The zero-order valence-electron chi connectivity index (χ0n) is 12.2. The fraction of sp³-hybridized carbons (Fsp3) is 0.188. The summed E-state index contributed by atoms with van der Waals surface area (Å²) >= 11 is 0. The van der Waals surface area contributed by atoms with Crippen molar-refractivity contribution in [2.45, 2.75) is 0 Å². The Kier molecular flexibility index (Phi) is 4.42. The highest BCUT2D eigenvalue weighted by Gasteiger charge is 2.09. The molecule has 21 heavy (non-hydrogen) atoms. The summed E-state index contributed by atoms with van der Waals surface area (Å²) in [5.74, 6) is -0.664. The number of rotatable bonds is 4. The minimum Gasteiger partial charge on any atom is -0.494 e. The summed E-state index contributed by atoms with van der Waals surface area (Å²) < 4.78 is 18.4. The second kappa shape index (κ2) is 6.26. The second-order valence-electron chi connectivity index (χ2n) is 4.75. The lowest BCUT2D eigenvalue weighted by atomic mass is 10.1. The van der Waals surface area contributed by atoms with Crippen LogP contribution in [0.4, 0.5) is 15.8 Å². The highest BCUT2D eigenvalue weighted by molar-refractivity contribution is 6.04. The lowest BCUT2D eigenvalue weighted by Gasteiger charge is -2.13. The fourth-order valence-corrected chi connectivity index (χ4v) is 1.87. The molecule has 0 heterocycles. The van der Waals surface area contributed by atoms with Crippen molar-refractivity contribution in [2.24, 2.45) is 0 Å². The van der Waals surface area contributed by atoms with Gasteiger partial charge in [0.05, 0.1) is 7.11 Å². The average molecular weight is 288 g/mol. The number of benzene rings is 2. The predicted molar refractivity (Wildman–Crippen MR) is 81.7 cm³/mol. The number of hydrogen-bond acceptors (Lipinski definition) is 3. The van der Waals surface area contributed by atoms with Gasteiger partial charge in [0.15, 0.2) is 11.6 Å². The number of ether oxygens (including phenoxy) is 1. The molecular formula is C16H17FN2O2. The molecule has 2 aromatic rings. The van der Waals surface area contributed by atoms with E-state index in [1.807, 2.05) is 25.1 Å². The molecule has 0 bridgehead atoms. The molecule has 1 amide bonds. The summed E-state index contributed by atoms with van der Waals surface area (Å²) in [7, 11) is 5.19. The van der Waals surface area contributed by atoms with Gasteiger partial charge in [-0.3, -0.25) is 4.79 Å². The minimum absolute atomic E-state index is 0.141. The first-order valence-electron chi connectivity index (χ1n) is 6.43. The van der Waals surface area contributed by atoms with Crippen LogP contribution < -0.4 is 15.0 Å². The van der Waals surface area contributed by atoms with E-state index in [0.29, 0.717) is 11.3 Å². The zero-order chi connectivity index (χ0) is 15.4. The van der Waals surface area contributed by atoms with Crippen LogP contribution in [0, 0.1) is 5.82 Å². The third-order valence-corrected chi connectivity index (χ3v) is 3.03. The number of amides is 1. The monoisotopic (exact) mass is 288 g/mol. The summed E-state index contributed by atoms with van der Waals surface area (Å²) in [6, 6.07) is 11.5. The van der Waals surface area contributed by atoms with Crippen LogP contribution in [-0.2, 0) is 0 Å². The average Bonchev–Trinajstić information content (AvgIpc) is 2.47. The normalized spacial score (nSPS) is 10.1. The van der Waals surface area contributed by atoms with E-state index in [9.17, 15) is 9.18 Å². The van der Waals surface area contributed by atoms with Crippen LogP contribution in [0.5, 0.6) is 5.75 Å². The molecule has 2 rings (SSSR count). The van der Waals surface area contributed by atoms with Gasteiger partial charge < -0.3 is 15.0 Å². The highest BCUT2D eigenvalue weighted by atomic mass is 19.1. The van der Waals surface area contributed by atoms with Crippen molar-refractivity contribution in [1.29, 1.82) is 0 Å². The third kappa shape index (κ3) is 3.51. The van der Waals surface area contributed by atoms with Crippen LogP contribution in [-0.4, -0.2) is 27.1 Å². The first-order chi connectivity index (χ1) is 10.0. The van der Waals surface area contributed by atoms with Crippen molar-refractivity contribution in [3.63, 3.8) is 0 Å². The maximum absolute atomic E-state index is 13.6. The highest BCUT2D eigenvalue weighted by Crippen LogP contribution is 2.21. The second-order valence-corrected chi connectivity index (χ2v) is 4.75. The Balaban J connectivity index is 2.18. The van der Waals surface area contributed by atoms with E-state index >= 15 is 0 Å². The smallest absolute Gasteiger partial charge is 0.255 e. The van der Waals surface area contributed by atoms with Crippen molar-refractivity contribution >= 4 is 17.3 Å². The number of anilines is 2.